The van der Waals surface area contributed by atoms with Crippen molar-refractivity contribution < 1.29 is 9.59 Å². The van der Waals surface area contributed by atoms with Gasteiger partial charge in [-0.15, -0.1) is 0 Å². The van der Waals surface area contributed by atoms with Crippen LogP contribution in [-0.2, 0) is 0 Å². The SMILES string of the molecule is O=C1c2nccnc2C(=O)N1Br. The maximum absolute atomic E-state index is 11.2. The Balaban J connectivity index is 2.67. The molecule has 2 amide bonds. The van der Waals surface area contributed by atoms with Crippen LogP contribution in [0.1, 0.15) is 21.0 Å². The van der Waals surface area contributed by atoms with Crippen molar-refractivity contribution in [3.05, 3.63) is 23.8 Å². The Morgan fingerprint density at radius 3 is 1.92 bits per heavy atom. The van der Waals surface area contributed by atoms with Crippen LogP contribution in [0.5, 0.6) is 0 Å². The highest BCUT2D eigenvalue weighted by Crippen LogP contribution is 2.20. The Bertz CT molecular complexity index is 344. The second-order valence-electron chi connectivity index (χ2n) is 2.14. The Kier molecular flexibility index (Phi) is 1.44. The highest BCUT2D eigenvalue weighted by molar-refractivity contribution is 9.08. The highest BCUT2D eigenvalue weighted by Gasteiger charge is 2.36. The summed E-state index contributed by atoms with van der Waals surface area (Å²) in [5.41, 5.74) is 0.193. The molecule has 0 atom stereocenters. The molecule has 0 aliphatic carbocycles. The first-order valence-electron chi connectivity index (χ1n) is 3.07. The van der Waals surface area contributed by atoms with Gasteiger partial charge < -0.3 is 0 Å². The van der Waals surface area contributed by atoms with Gasteiger partial charge in [0.1, 0.15) is 0 Å². The van der Waals surface area contributed by atoms with Gasteiger partial charge in [-0.05, 0) is 0 Å². The quantitative estimate of drug-likeness (QED) is 0.475. The van der Waals surface area contributed by atoms with E-state index in [2.05, 4.69) is 26.1 Å². The number of fused-ring (bicyclic) bond motifs is 1. The van der Waals surface area contributed by atoms with Crippen LogP contribution in [-0.4, -0.2) is 25.7 Å². The Labute approximate surface area is 75.8 Å². The second-order valence-corrected chi connectivity index (χ2v) is 2.85. The maximum Gasteiger partial charge on any atom is 0.292 e. The van der Waals surface area contributed by atoms with Gasteiger partial charge in [0.25, 0.3) is 11.8 Å². The largest absolute Gasteiger partial charge is 0.292 e. The number of hydrogen-bond donors (Lipinski definition) is 0. The molecule has 0 saturated heterocycles. The minimum absolute atomic E-state index is 0.0966. The second kappa shape index (κ2) is 2.34. The molecule has 0 N–H and O–H groups in total. The van der Waals surface area contributed by atoms with Gasteiger partial charge in [-0.2, -0.15) is 0 Å². The van der Waals surface area contributed by atoms with Gasteiger partial charge in [0.05, 0.1) is 16.1 Å². The molecule has 1 aromatic rings. The van der Waals surface area contributed by atoms with E-state index in [0.717, 1.165) is 3.93 Å². The smallest absolute Gasteiger partial charge is 0.266 e. The van der Waals surface area contributed by atoms with E-state index >= 15 is 0 Å². The molecular weight excluding hydrogens is 226 g/mol. The first-order chi connectivity index (χ1) is 5.72. The minimum atomic E-state index is -0.469. The molecule has 60 valence electrons. The molecule has 1 aromatic heterocycles. The molecule has 0 aromatic carbocycles. The predicted molar refractivity (Wildman–Crippen MR) is 41.5 cm³/mol. The maximum atomic E-state index is 11.2. The standard InChI is InChI=1S/C6H2BrN3O2/c7-10-5(11)3-4(6(10)12)9-2-1-8-3/h1-2H. The summed E-state index contributed by atoms with van der Waals surface area (Å²) in [5.74, 6) is -0.939. The average Bonchev–Trinajstić information content (AvgIpc) is 2.33. The molecule has 2 heterocycles. The van der Waals surface area contributed by atoms with Gasteiger partial charge in [-0.3, -0.25) is 9.59 Å². The van der Waals surface area contributed by atoms with E-state index in [0.29, 0.717) is 0 Å². The predicted octanol–water partition coefficient (Wildman–Crippen LogP) is 0.382. The summed E-state index contributed by atoms with van der Waals surface area (Å²) in [6, 6.07) is 0. The van der Waals surface area contributed by atoms with Gasteiger partial charge >= 0.3 is 0 Å². The van der Waals surface area contributed by atoms with E-state index in [-0.39, 0.29) is 11.4 Å². The number of amides is 2. The molecule has 0 unspecified atom stereocenters. The molecule has 5 nitrogen and oxygen atoms in total. The highest BCUT2D eigenvalue weighted by atomic mass is 79.9. The summed E-state index contributed by atoms with van der Waals surface area (Å²) in [5, 5.41) is 0. The van der Waals surface area contributed by atoms with Crippen molar-refractivity contribution in [2.75, 3.05) is 0 Å². The van der Waals surface area contributed by atoms with Crippen LogP contribution in [0.2, 0.25) is 0 Å². The number of carbonyl (C=O) groups excluding carboxylic acids is 2. The lowest BCUT2D eigenvalue weighted by Crippen LogP contribution is -2.17. The van der Waals surface area contributed by atoms with Gasteiger partial charge in [0.2, 0.25) is 0 Å². The average molecular weight is 228 g/mol. The molecule has 0 spiro atoms. The number of carbonyl (C=O) groups is 2. The van der Waals surface area contributed by atoms with Crippen LogP contribution in [0, 0.1) is 0 Å². The lowest BCUT2D eigenvalue weighted by Gasteiger charge is -1.97. The number of nitrogens with zero attached hydrogens (tertiary/aromatic N) is 3. The Hall–Kier alpha value is -1.30. The van der Waals surface area contributed by atoms with Crippen LogP contribution in [0.15, 0.2) is 12.4 Å². The van der Waals surface area contributed by atoms with E-state index in [4.69, 9.17) is 0 Å². The van der Waals surface area contributed by atoms with Crippen molar-refractivity contribution in [3.63, 3.8) is 0 Å². The summed E-state index contributed by atoms with van der Waals surface area (Å²) in [6.45, 7) is 0. The van der Waals surface area contributed by atoms with Gasteiger partial charge in [0.15, 0.2) is 11.4 Å². The van der Waals surface area contributed by atoms with Gasteiger partial charge in [-0.1, -0.05) is 0 Å². The summed E-state index contributed by atoms with van der Waals surface area (Å²) >= 11 is 2.80. The monoisotopic (exact) mass is 227 g/mol. The van der Waals surface area contributed by atoms with Crippen LogP contribution in [0.4, 0.5) is 0 Å². The van der Waals surface area contributed by atoms with E-state index in [1.807, 2.05) is 0 Å². The zero-order valence-electron chi connectivity index (χ0n) is 5.69. The molecule has 0 saturated carbocycles. The van der Waals surface area contributed by atoms with E-state index in [1.54, 1.807) is 0 Å². The first-order valence-corrected chi connectivity index (χ1v) is 3.78. The minimum Gasteiger partial charge on any atom is -0.266 e. The van der Waals surface area contributed by atoms with Crippen LogP contribution >= 0.6 is 16.1 Å². The topological polar surface area (TPSA) is 63.2 Å². The molecule has 0 radical (unpaired) electrons. The van der Waals surface area contributed by atoms with Crippen LogP contribution < -0.4 is 0 Å². The van der Waals surface area contributed by atoms with Crippen molar-refractivity contribution in [2.24, 2.45) is 0 Å². The van der Waals surface area contributed by atoms with Gasteiger partial charge in [0, 0.05) is 12.4 Å². The molecule has 0 fully saturated rings. The normalized spacial score (nSPS) is 15.2. The third kappa shape index (κ3) is 0.781. The van der Waals surface area contributed by atoms with E-state index in [9.17, 15) is 9.59 Å². The number of halogens is 1. The van der Waals surface area contributed by atoms with E-state index in [1.165, 1.54) is 12.4 Å². The third-order valence-corrected chi connectivity index (χ3v) is 2.10. The van der Waals surface area contributed by atoms with Crippen molar-refractivity contribution in [1.29, 1.82) is 0 Å². The summed E-state index contributed by atoms with van der Waals surface area (Å²) in [4.78, 5) is 29.8. The molecule has 1 aliphatic rings. The summed E-state index contributed by atoms with van der Waals surface area (Å²) in [7, 11) is 0. The van der Waals surface area contributed by atoms with Crippen LogP contribution in [0.25, 0.3) is 0 Å². The molecule has 0 bridgehead atoms. The third-order valence-electron chi connectivity index (χ3n) is 1.46. The summed E-state index contributed by atoms with van der Waals surface area (Å²) in [6.07, 6.45) is 2.74. The molecule has 12 heavy (non-hydrogen) atoms. The zero-order valence-corrected chi connectivity index (χ0v) is 7.28. The fraction of sp³-hybridized carbons (Fsp3) is 0. The zero-order chi connectivity index (χ0) is 8.72. The molecular formula is C6H2BrN3O2. The number of aromatic nitrogens is 2. The van der Waals surface area contributed by atoms with Crippen LogP contribution in [0.3, 0.4) is 0 Å². The molecule has 6 heteroatoms. The lowest BCUT2D eigenvalue weighted by atomic mass is 10.3. The molecule has 2 rings (SSSR count). The van der Waals surface area contributed by atoms with Crippen molar-refractivity contribution in [3.8, 4) is 0 Å². The Morgan fingerprint density at radius 1 is 1.08 bits per heavy atom. The fourth-order valence-corrected chi connectivity index (χ4v) is 1.27. The lowest BCUT2D eigenvalue weighted by molar-refractivity contribution is 0.0782. The number of imide groups is 1. The van der Waals surface area contributed by atoms with E-state index < -0.39 is 11.8 Å². The van der Waals surface area contributed by atoms with Gasteiger partial charge in [-0.25, -0.2) is 13.9 Å². The van der Waals surface area contributed by atoms with Crippen molar-refractivity contribution >= 4 is 28.0 Å². The Morgan fingerprint density at radius 2 is 1.50 bits per heavy atom. The number of rotatable bonds is 0. The number of hydrogen-bond acceptors (Lipinski definition) is 4. The summed E-state index contributed by atoms with van der Waals surface area (Å²) < 4.78 is 0.817. The van der Waals surface area contributed by atoms with Crippen molar-refractivity contribution in [2.45, 2.75) is 0 Å². The fourth-order valence-electron chi connectivity index (χ4n) is 0.929. The first kappa shape index (κ1) is 7.35. The van der Waals surface area contributed by atoms with Crippen molar-refractivity contribution in [1.82, 2.24) is 13.9 Å². The molecule has 1 aliphatic heterocycles.